The van der Waals surface area contributed by atoms with E-state index in [0.29, 0.717) is 11.5 Å². The zero-order valence-electron chi connectivity index (χ0n) is 13.6. The van der Waals surface area contributed by atoms with E-state index >= 15 is 0 Å². The molecule has 114 valence electrons. The van der Waals surface area contributed by atoms with Gasteiger partial charge >= 0.3 is 0 Å². The van der Waals surface area contributed by atoms with Crippen LogP contribution in [-0.4, -0.2) is 0 Å². The number of hydrogen-bond donors (Lipinski definition) is 1. The molecule has 21 heavy (non-hydrogen) atoms. The van der Waals surface area contributed by atoms with E-state index in [9.17, 15) is 0 Å². The summed E-state index contributed by atoms with van der Waals surface area (Å²) in [7, 11) is 0. The lowest BCUT2D eigenvalue weighted by molar-refractivity contribution is 0.310. The highest BCUT2D eigenvalue weighted by atomic mass is 32.1. The van der Waals surface area contributed by atoms with Crippen molar-refractivity contribution in [3.63, 3.8) is 0 Å². The Labute approximate surface area is 133 Å². The van der Waals surface area contributed by atoms with Gasteiger partial charge in [0.15, 0.2) is 0 Å². The molecule has 2 rings (SSSR count). The number of rotatable bonds is 6. The molecule has 1 N–H and O–H groups in total. The molecule has 1 aromatic carbocycles. The summed E-state index contributed by atoms with van der Waals surface area (Å²) in [6, 6.07) is 15.7. The molecule has 1 aromatic heterocycles. The average molecular weight is 301 g/mol. The first-order valence-corrected chi connectivity index (χ1v) is 8.65. The van der Waals surface area contributed by atoms with Gasteiger partial charge in [-0.1, -0.05) is 58.0 Å². The largest absolute Gasteiger partial charge is 0.305 e. The molecule has 2 heteroatoms. The van der Waals surface area contributed by atoms with Gasteiger partial charge in [-0.3, -0.25) is 0 Å². The molecule has 2 aromatic rings. The van der Waals surface area contributed by atoms with Gasteiger partial charge < -0.3 is 5.32 Å². The molecule has 1 unspecified atom stereocenters. The smallest absolute Gasteiger partial charge is 0.0328 e. The van der Waals surface area contributed by atoms with Crippen LogP contribution in [0.3, 0.4) is 0 Å². The summed E-state index contributed by atoms with van der Waals surface area (Å²) in [6.45, 7) is 10.1. The predicted molar refractivity (Wildman–Crippen MR) is 93.8 cm³/mol. The molecule has 0 amide bonds. The van der Waals surface area contributed by atoms with Crippen molar-refractivity contribution in [1.82, 2.24) is 5.32 Å². The van der Waals surface area contributed by atoms with Crippen molar-refractivity contribution in [2.45, 2.75) is 53.1 Å². The van der Waals surface area contributed by atoms with Crippen molar-refractivity contribution in [3.8, 4) is 0 Å². The van der Waals surface area contributed by atoms with Crippen molar-refractivity contribution in [1.29, 1.82) is 0 Å². The number of benzene rings is 1. The molecule has 0 saturated heterocycles. The third-order valence-electron chi connectivity index (χ3n) is 3.61. The van der Waals surface area contributed by atoms with E-state index in [-0.39, 0.29) is 0 Å². The molecule has 0 aliphatic carbocycles. The van der Waals surface area contributed by atoms with E-state index in [1.807, 2.05) is 11.3 Å². The highest BCUT2D eigenvalue weighted by Crippen LogP contribution is 2.30. The average Bonchev–Trinajstić information content (AvgIpc) is 2.91. The molecule has 0 aliphatic heterocycles. The first kappa shape index (κ1) is 16.3. The minimum Gasteiger partial charge on any atom is -0.305 e. The zero-order valence-corrected chi connectivity index (χ0v) is 14.5. The number of nitrogens with one attached hydrogen (secondary N) is 1. The summed E-state index contributed by atoms with van der Waals surface area (Å²) < 4.78 is 0. The first-order valence-electron chi connectivity index (χ1n) is 7.84. The van der Waals surface area contributed by atoms with Gasteiger partial charge in [0.2, 0.25) is 0 Å². The maximum absolute atomic E-state index is 3.76. The van der Waals surface area contributed by atoms with E-state index in [1.54, 1.807) is 0 Å². The van der Waals surface area contributed by atoms with Crippen LogP contribution in [0, 0.1) is 5.41 Å². The van der Waals surface area contributed by atoms with Crippen LogP contribution in [0.4, 0.5) is 0 Å². The normalized spacial score (nSPS) is 13.3. The van der Waals surface area contributed by atoms with Gasteiger partial charge in [-0.2, -0.15) is 0 Å². The summed E-state index contributed by atoms with van der Waals surface area (Å²) in [4.78, 5) is 2.90. The van der Waals surface area contributed by atoms with Crippen LogP contribution in [0.1, 0.15) is 55.5 Å². The quantitative estimate of drug-likeness (QED) is 0.734. The second-order valence-corrected chi connectivity index (χ2v) is 8.08. The van der Waals surface area contributed by atoms with Gasteiger partial charge in [-0.05, 0) is 36.0 Å². The van der Waals surface area contributed by atoms with Crippen molar-refractivity contribution in [2.24, 2.45) is 5.41 Å². The maximum atomic E-state index is 3.76. The van der Waals surface area contributed by atoms with Crippen LogP contribution in [-0.2, 0) is 13.0 Å². The summed E-state index contributed by atoms with van der Waals surface area (Å²) in [5, 5.41) is 3.76. The monoisotopic (exact) mass is 301 g/mol. The second kappa shape index (κ2) is 7.24. The van der Waals surface area contributed by atoms with Gasteiger partial charge in [0.25, 0.3) is 0 Å². The molecule has 0 aliphatic rings. The van der Waals surface area contributed by atoms with E-state index in [0.717, 1.165) is 19.4 Å². The molecule has 1 heterocycles. The standard InChI is InChI=1S/C19H27NS/c1-5-16-11-12-17(21-16)14-20-18(13-19(2,3)4)15-9-7-6-8-10-15/h6-12,18,20H,5,13-14H2,1-4H3. The molecular weight excluding hydrogens is 274 g/mol. The predicted octanol–water partition coefficient (Wildman–Crippen LogP) is 5.58. The number of hydrogen-bond acceptors (Lipinski definition) is 2. The lowest BCUT2D eigenvalue weighted by atomic mass is 9.85. The lowest BCUT2D eigenvalue weighted by Gasteiger charge is -2.27. The third kappa shape index (κ3) is 5.29. The first-order chi connectivity index (χ1) is 9.98. The number of aryl methyl sites for hydroxylation is 1. The van der Waals surface area contributed by atoms with Crippen LogP contribution < -0.4 is 5.32 Å². The van der Waals surface area contributed by atoms with Crippen LogP contribution in [0.25, 0.3) is 0 Å². The van der Waals surface area contributed by atoms with Gasteiger partial charge in [0, 0.05) is 22.3 Å². The van der Waals surface area contributed by atoms with E-state index in [4.69, 9.17) is 0 Å². The Kier molecular flexibility index (Phi) is 5.60. The van der Waals surface area contributed by atoms with Crippen LogP contribution in [0.5, 0.6) is 0 Å². The molecule has 0 bridgehead atoms. The maximum Gasteiger partial charge on any atom is 0.0328 e. The summed E-state index contributed by atoms with van der Waals surface area (Å²) in [6.07, 6.45) is 2.28. The second-order valence-electron chi connectivity index (χ2n) is 6.83. The Hall–Kier alpha value is -1.12. The molecule has 0 fully saturated rings. The van der Waals surface area contributed by atoms with E-state index < -0.39 is 0 Å². The third-order valence-corrected chi connectivity index (χ3v) is 4.84. The highest BCUT2D eigenvalue weighted by Gasteiger charge is 2.19. The van der Waals surface area contributed by atoms with E-state index in [1.165, 1.54) is 15.3 Å². The Morgan fingerprint density at radius 3 is 2.24 bits per heavy atom. The van der Waals surface area contributed by atoms with Gasteiger partial charge in [-0.25, -0.2) is 0 Å². The Bertz CT molecular complexity index is 536. The van der Waals surface area contributed by atoms with Crippen molar-refractivity contribution >= 4 is 11.3 Å². The van der Waals surface area contributed by atoms with Gasteiger partial charge in [0.1, 0.15) is 0 Å². The summed E-state index contributed by atoms with van der Waals surface area (Å²) in [5.74, 6) is 0. The van der Waals surface area contributed by atoms with Crippen molar-refractivity contribution in [3.05, 3.63) is 57.8 Å². The van der Waals surface area contributed by atoms with Gasteiger partial charge in [-0.15, -0.1) is 11.3 Å². The lowest BCUT2D eigenvalue weighted by Crippen LogP contribution is -2.25. The molecule has 0 spiro atoms. The molecule has 0 saturated carbocycles. The Morgan fingerprint density at radius 1 is 1.00 bits per heavy atom. The zero-order chi connectivity index (χ0) is 15.3. The summed E-state index contributed by atoms with van der Waals surface area (Å²) >= 11 is 1.93. The topological polar surface area (TPSA) is 12.0 Å². The fourth-order valence-electron chi connectivity index (χ4n) is 2.54. The summed E-state index contributed by atoms with van der Waals surface area (Å²) in [5.41, 5.74) is 1.71. The van der Waals surface area contributed by atoms with E-state index in [2.05, 4.69) is 75.5 Å². The number of thiophene rings is 1. The minimum absolute atomic E-state index is 0.317. The van der Waals surface area contributed by atoms with Crippen LogP contribution >= 0.6 is 11.3 Å². The molecule has 1 atom stereocenters. The van der Waals surface area contributed by atoms with Crippen LogP contribution in [0.15, 0.2) is 42.5 Å². The van der Waals surface area contributed by atoms with Crippen LogP contribution in [0.2, 0.25) is 0 Å². The Morgan fingerprint density at radius 2 is 1.67 bits per heavy atom. The Balaban J connectivity index is 2.05. The highest BCUT2D eigenvalue weighted by molar-refractivity contribution is 7.11. The molecule has 0 radical (unpaired) electrons. The minimum atomic E-state index is 0.317. The van der Waals surface area contributed by atoms with Gasteiger partial charge in [0.05, 0.1) is 0 Å². The SMILES string of the molecule is CCc1ccc(CNC(CC(C)(C)C)c2ccccc2)s1. The van der Waals surface area contributed by atoms with Crippen molar-refractivity contribution in [2.75, 3.05) is 0 Å². The van der Waals surface area contributed by atoms with Crippen molar-refractivity contribution < 1.29 is 0 Å². The fourth-order valence-corrected chi connectivity index (χ4v) is 3.45. The molecule has 1 nitrogen and oxygen atoms in total. The molecular formula is C19H27NS. The fraction of sp³-hybridized carbons (Fsp3) is 0.474.